The minimum atomic E-state index is -0.575. The first kappa shape index (κ1) is 12.8. The molecule has 1 fully saturated rings. The second-order valence-electron chi connectivity index (χ2n) is 4.67. The van der Waals surface area contributed by atoms with Crippen molar-refractivity contribution in [2.24, 2.45) is 5.92 Å². The Morgan fingerprint density at radius 3 is 2.72 bits per heavy atom. The Hall–Kier alpha value is -1.62. The van der Waals surface area contributed by atoms with E-state index in [1.807, 2.05) is 0 Å². The van der Waals surface area contributed by atoms with Crippen LogP contribution < -0.4 is 5.32 Å². The predicted octanol–water partition coefficient (Wildman–Crippen LogP) is 2.78. The minimum Gasteiger partial charge on any atom is -0.349 e. The maximum absolute atomic E-state index is 12.0. The van der Waals surface area contributed by atoms with Gasteiger partial charge in [0.25, 0.3) is 11.6 Å². The molecule has 1 aliphatic carbocycles. The third-order valence-electron chi connectivity index (χ3n) is 3.11. The van der Waals surface area contributed by atoms with Crippen molar-refractivity contribution in [3.05, 3.63) is 38.9 Å². The van der Waals surface area contributed by atoms with Gasteiger partial charge >= 0.3 is 0 Å². The summed E-state index contributed by atoms with van der Waals surface area (Å²) in [6.45, 7) is 2.10. The highest BCUT2D eigenvalue weighted by Crippen LogP contribution is 2.28. The van der Waals surface area contributed by atoms with Gasteiger partial charge in [0.15, 0.2) is 0 Å². The van der Waals surface area contributed by atoms with E-state index in [-0.39, 0.29) is 17.3 Å². The second-order valence-corrected chi connectivity index (χ2v) is 5.10. The molecule has 1 saturated carbocycles. The Bertz CT molecular complexity index is 498. The molecule has 0 unspecified atom stereocenters. The average molecular weight is 269 g/mol. The molecular weight excluding hydrogens is 256 g/mol. The molecule has 1 aliphatic rings. The molecule has 0 aliphatic heterocycles. The normalized spacial score (nSPS) is 22.1. The fourth-order valence-corrected chi connectivity index (χ4v) is 2.30. The van der Waals surface area contributed by atoms with Gasteiger partial charge in [0, 0.05) is 17.1 Å². The Kier molecular flexibility index (Phi) is 3.52. The maximum atomic E-state index is 12.0. The number of rotatable bonds is 3. The van der Waals surface area contributed by atoms with Crippen LogP contribution in [0.1, 0.15) is 30.1 Å². The van der Waals surface area contributed by atoms with Gasteiger partial charge in [-0.25, -0.2) is 0 Å². The minimum absolute atomic E-state index is 0.0204. The highest BCUT2D eigenvalue weighted by atomic mass is 35.5. The van der Waals surface area contributed by atoms with Gasteiger partial charge in [-0.15, -0.1) is 0 Å². The molecule has 0 bridgehead atoms. The lowest BCUT2D eigenvalue weighted by Gasteiger charge is -2.33. The molecule has 96 valence electrons. The number of hydrogen-bond donors (Lipinski definition) is 1. The van der Waals surface area contributed by atoms with E-state index in [1.54, 1.807) is 0 Å². The van der Waals surface area contributed by atoms with Gasteiger partial charge in [-0.3, -0.25) is 14.9 Å². The summed E-state index contributed by atoms with van der Waals surface area (Å²) in [6, 6.07) is 4.10. The fraction of sp³-hybridized carbons (Fsp3) is 0.417. The first-order valence-electron chi connectivity index (χ1n) is 5.72. The van der Waals surface area contributed by atoms with E-state index in [1.165, 1.54) is 18.2 Å². The van der Waals surface area contributed by atoms with Crippen molar-refractivity contribution in [3.63, 3.8) is 0 Å². The Morgan fingerprint density at radius 2 is 2.17 bits per heavy atom. The number of carbonyl (C=O) groups is 1. The molecule has 1 aromatic rings. The van der Waals surface area contributed by atoms with Crippen molar-refractivity contribution in [2.45, 2.75) is 25.8 Å². The highest BCUT2D eigenvalue weighted by molar-refractivity contribution is 6.31. The summed E-state index contributed by atoms with van der Waals surface area (Å²) in [5.74, 6) is 0.172. The van der Waals surface area contributed by atoms with E-state index in [0.29, 0.717) is 10.9 Å². The maximum Gasteiger partial charge on any atom is 0.282 e. The second kappa shape index (κ2) is 4.94. The number of nitro benzene ring substituents is 1. The van der Waals surface area contributed by atoms with Gasteiger partial charge in [-0.05, 0) is 30.9 Å². The van der Waals surface area contributed by atoms with Gasteiger partial charge in [0.1, 0.15) is 5.56 Å². The summed E-state index contributed by atoms with van der Waals surface area (Å²) in [7, 11) is 0. The fourth-order valence-electron chi connectivity index (χ4n) is 2.13. The molecule has 2 rings (SSSR count). The van der Waals surface area contributed by atoms with E-state index in [0.717, 1.165) is 12.8 Å². The van der Waals surface area contributed by atoms with E-state index >= 15 is 0 Å². The van der Waals surface area contributed by atoms with Gasteiger partial charge in [0.05, 0.1) is 4.92 Å². The van der Waals surface area contributed by atoms with E-state index < -0.39 is 10.8 Å². The van der Waals surface area contributed by atoms with Gasteiger partial charge in [0.2, 0.25) is 0 Å². The molecule has 18 heavy (non-hydrogen) atoms. The molecule has 1 aromatic carbocycles. The summed E-state index contributed by atoms with van der Waals surface area (Å²) >= 11 is 5.77. The molecule has 0 radical (unpaired) electrons. The summed E-state index contributed by atoms with van der Waals surface area (Å²) in [6.07, 6.45) is 1.83. The van der Waals surface area contributed by atoms with Crippen molar-refractivity contribution in [1.82, 2.24) is 5.32 Å². The summed E-state index contributed by atoms with van der Waals surface area (Å²) < 4.78 is 0. The number of halogens is 1. The molecule has 1 amide bonds. The zero-order chi connectivity index (χ0) is 13.3. The first-order chi connectivity index (χ1) is 8.47. The molecule has 5 nitrogen and oxygen atoms in total. The molecule has 0 saturated heterocycles. The molecule has 1 N–H and O–H groups in total. The molecule has 6 heteroatoms. The largest absolute Gasteiger partial charge is 0.349 e. The number of carbonyl (C=O) groups excluding carboxylic acids is 1. The Labute approximate surface area is 109 Å². The van der Waals surface area contributed by atoms with Crippen LogP contribution in [0.2, 0.25) is 5.02 Å². The number of nitrogens with one attached hydrogen (secondary N) is 1. The van der Waals surface area contributed by atoms with E-state index in [4.69, 9.17) is 11.6 Å². The van der Waals surface area contributed by atoms with Crippen molar-refractivity contribution >= 4 is 23.2 Å². The third kappa shape index (κ3) is 2.61. The molecular formula is C12H13ClN2O3. The van der Waals surface area contributed by atoms with Crippen molar-refractivity contribution in [2.75, 3.05) is 0 Å². The Balaban J connectivity index is 2.18. The predicted molar refractivity (Wildman–Crippen MR) is 67.8 cm³/mol. The van der Waals surface area contributed by atoms with Crippen LogP contribution in [0.15, 0.2) is 18.2 Å². The van der Waals surface area contributed by atoms with Crippen molar-refractivity contribution < 1.29 is 9.72 Å². The monoisotopic (exact) mass is 268 g/mol. The first-order valence-corrected chi connectivity index (χ1v) is 6.10. The molecule has 0 heterocycles. The third-order valence-corrected chi connectivity index (χ3v) is 3.34. The number of nitro groups is 1. The quantitative estimate of drug-likeness (QED) is 0.677. The Morgan fingerprint density at radius 1 is 1.50 bits per heavy atom. The zero-order valence-electron chi connectivity index (χ0n) is 9.85. The van der Waals surface area contributed by atoms with Crippen LogP contribution in [0.4, 0.5) is 5.69 Å². The number of amides is 1. The smallest absolute Gasteiger partial charge is 0.282 e. The van der Waals surface area contributed by atoms with E-state index in [9.17, 15) is 14.9 Å². The van der Waals surface area contributed by atoms with Crippen molar-refractivity contribution in [3.8, 4) is 0 Å². The van der Waals surface area contributed by atoms with Crippen LogP contribution in [0.25, 0.3) is 0 Å². The number of nitrogens with zero attached hydrogens (tertiary/aromatic N) is 1. The molecule has 0 atom stereocenters. The SMILES string of the molecule is CC1CC(NC(=O)c2cc(Cl)ccc2[N+](=O)[O-])C1. The van der Waals surface area contributed by atoms with Crippen LogP contribution in [-0.4, -0.2) is 16.9 Å². The van der Waals surface area contributed by atoms with Crippen LogP contribution in [0.5, 0.6) is 0 Å². The van der Waals surface area contributed by atoms with Crippen LogP contribution >= 0.6 is 11.6 Å². The average Bonchev–Trinajstić information content (AvgIpc) is 2.26. The van der Waals surface area contributed by atoms with Gasteiger partial charge in [-0.1, -0.05) is 18.5 Å². The van der Waals surface area contributed by atoms with Crippen LogP contribution in [0, 0.1) is 16.0 Å². The summed E-state index contributed by atoms with van der Waals surface area (Å²) in [4.78, 5) is 22.2. The molecule has 0 aromatic heterocycles. The van der Waals surface area contributed by atoms with Crippen molar-refractivity contribution in [1.29, 1.82) is 0 Å². The summed E-state index contributed by atoms with van der Waals surface area (Å²) in [5.41, 5.74) is -0.198. The lowest BCUT2D eigenvalue weighted by Crippen LogP contribution is -2.43. The number of benzene rings is 1. The lowest BCUT2D eigenvalue weighted by atomic mass is 9.82. The standard InChI is InChI=1S/C12H13ClN2O3/c1-7-4-9(5-7)14-12(16)10-6-8(13)2-3-11(10)15(17)18/h2-3,6-7,9H,4-5H2,1H3,(H,14,16). The zero-order valence-corrected chi connectivity index (χ0v) is 10.6. The van der Waals surface area contributed by atoms with Crippen LogP contribution in [-0.2, 0) is 0 Å². The van der Waals surface area contributed by atoms with Crippen LogP contribution in [0.3, 0.4) is 0 Å². The topological polar surface area (TPSA) is 72.2 Å². The van der Waals surface area contributed by atoms with Gasteiger partial charge in [-0.2, -0.15) is 0 Å². The summed E-state index contributed by atoms with van der Waals surface area (Å²) in [5, 5.41) is 13.9. The van der Waals surface area contributed by atoms with Gasteiger partial charge < -0.3 is 5.32 Å². The molecule has 0 spiro atoms. The number of hydrogen-bond acceptors (Lipinski definition) is 3. The van der Waals surface area contributed by atoms with E-state index in [2.05, 4.69) is 12.2 Å². The highest BCUT2D eigenvalue weighted by Gasteiger charge is 2.29. The lowest BCUT2D eigenvalue weighted by molar-refractivity contribution is -0.385.